The number of urea groups is 1. The van der Waals surface area contributed by atoms with Gasteiger partial charge in [0, 0.05) is 26.1 Å². The minimum atomic E-state index is -1.02. The van der Waals surface area contributed by atoms with Crippen molar-refractivity contribution in [2.45, 2.75) is 52.1 Å². The van der Waals surface area contributed by atoms with Gasteiger partial charge in [0.15, 0.2) is 0 Å². The quantitative estimate of drug-likeness (QED) is 0.532. The summed E-state index contributed by atoms with van der Waals surface area (Å²) in [5, 5.41) is 9.82. The molecule has 34 heavy (non-hydrogen) atoms. The maximum absolute atomic E-state index is 13.5. The molecule has 182 valence electrons. The van der Waals surface area contributed by atoms with Crippen molar-refractivity contribution in [1.82, 2.24) is 9.80 Å². The molecule has 3 rings (SSSR count). The lowest BCUT2D eigenvalue weighted by Crippen LogP contribution is -2.54. The summed E-state index contributed by atoms with van der Waals surface area (Å²) in [6.07, 6.45) is 2.48. The topological polar surface area (TPSA) is 87.2 Å². The van der Waals surface area contributed by atoms with Gasteiger partial charge in [-0.05, 0) is 49.8 Å². The molecule has 2 aromatic carbocycles. The second-order valence-electron chi connectivity index (χ2n) is 8.60. The highest BCUT2D eigenvalue weighted by atomic mass is 16.5. The number of aryl methyl sites for hydroxylation is 1. The van der Waals surface area contributed by atoms with Crippen LogP contribution in [0.3, 0.4) is 0 Å². The Kier molecular flexibility index (Phi) is 9.08. The third-order valence-electron chi connectivity index (χ3n) is 6.35. The number of rotatable bonds is 10. The lowest BCUT2D eigenvalue weighted by Gasteiger charge is -2.38. The Labute approximate surface area is 201 Å². The van der Waals surface area contributed by atoms with E-state index in [1.165, 1.54) is 10.5 Å². The summed E-state index contributed by atoms with van der Waals surface area (Å²) in [4.78, 5) is 41.2. The molecule has 1 aliphatic heterocycles. The molecule has 0 saturated heterocycles. The monoisotopic (exact) mass is 466 g/mol. The van der Waals surface area contributed by atoms with Gasteiger partial charge < -0.3 is 19.6 Å². The molecule has 7 nitrogen and oxygen atoms in total. The van der Waals surface area contributed by atoms with Crippen molar-refractivity contribution in [3.05, 3.63) is 71.3 Å². The second kappa shape index (κ2) is 12.2. The third-order valence-corrected chi connectivity index (χ3v) is 6.35. The molecule has 0 radical (unpaired) electrons. The first-order valence-electron chi connectivity index (χ1n) is 12.0. The van der Waals surface area contributed by atoms with Gasteiger partial charge in [0.25, 0.3) is 0 Å². The number of nitrogens with zero attached hydrogens (tertiary/aromatic N) is 2. The molecule has 1 N–H and O–H groups in total. The smallest absolute Gasteiger partial charge is 0.326 e. The van der Waals surface area contributed by atoms with Crippen LogP contribution in [0.15, 0.2) is 54.6 Å². The van der Waals surface area contributed by atoms with Crippen LogP contribution in [0.5, 0.6) is 0 Å². The van der Waals surface area contributed by atoms with Gasteiger partial charge in [-0.15, -0.1) is 0 Å². The fraction of sp³-hybridized carbons (Fsp3) is 0.444. The maximum atomic E-state index is 13.5. The molecule has 1 aliphatic rings. The number of benzene rings is 2. The van der Waals surface area contributed by atoms with Crippen molar-refractivity contribution in [2.24, 2.45) is 5.92 Å². The van der Waals surface area contributed by atoms with Crippen LogP contribution in [0.2, 0.25) is 0 Å². The summed E-state index contributed by atoms with van der Waals surface area (Å²) in [5.74, 6) is -1.81. The zero-order chi connectivity index (χ0) is 24.5. The number of aliphatic carboxylic acids is 1. The van der Waals surface area contributed by atoms with E-state index in [0.717, 1.165) is 24.0 Å². The Hall–Kier alpha value is -3.35. The van der Waals surface area contributed by atoms with Gasteiger partial charge in [-0.25, -0.2) is 9.59 Å². The minimum absolute atomic E-state index is 0.202. The first-order chi connectivity index (χ1) is 16.4. The van der Waals surface area contributed by atoms with Gasteiger partial charge in [-0.3, -0.25) is 4.79 Å². The third kappa shape index (κ3) is 6.37. The molecule has 1 heterocycles. The van der Waals surface area contributed by atoms with E-state index >= 15 is 0 Å². The number of hydrogen-bond donors (Lipinski definition) is 1. The van der Waals surface area contributed by atoms with Gasteiger partial charge in [-0.1, -0.05) is 54.6 Å². The number of fused-ring (bicyclic) bond motifs is 1. The zero-order valence-electron chi connectivity index (χ0n) is 20.0. The first-order valence-corrected chi connectivity index (χ1v) is 12.0. The van der Waals surface area contributed by atoms with Gasteiger partial charge in [0.1, 0.15) is 6.04 Å². The summed E-state index contributed by atoms with van der Waals surface area (Å²) in [6.45, 7) is 4.70. The Morgan fingerprint density at radius 1 is 1.06 bits per heavy atom. The lowest BCUT2D eigenvalue weighted by atomic mass is 9.94. The van der Waals surface area contributed by atoms with Crippen molar-refractivity contribution in [2.75, 3.05) is 19.7 Å². The molecule has 0 fully saturated rings. The van der Waals surface area contributed by atoms with Crippen molar-refractivity contribution in [1.29, 1.82) is 0 Å². The minimum Gasteiger partial charge on any atom is -0.480 e. The van der Waals surface area contributed by atoms with Gasteiger partial charge in [-0.2, -0.15) is 0 Å². The van der Waals surface area contributed by atoms with E-state index in [1.807, 2.05) is 49.4 Å². The molecule has 0 unspecified atom stereocenters. The average Bonchev–Trinajstić information content (AvgIpc) is 2.85. The van der Waals surface area contributed by atoms with Crippen LogP contribution >= 0.6 is 0 Å². The molecule has 0 bridgehead atoms. The van der Waals surface area contributed by atoms with Gasteiger partial charge in [0.2, 0.25) is 0 Å². The van der Waals surface area contributed by atoms with E-state index in [4.69, 9.17) is 4.74 Å². The average molecular weight is 467 g/mol. The van der Waals surface area contributed by atoms with E-state index in [2.05, 4.69) is 12.1 Å². The predicted octanol–water partition coefficient (Wildman–Crippen LogP) is 4.14. The molecular weight excluding hydrogens is 432 g/mol. The van der Waals surface area contributed by atoms with Crippen molar-refractivity contribution in [3.8, 4) is 0 Å². The van der Waals surface area contributed by atoms with Crippen LogP contribution in [0.1, 0.15) is 43.4 Å². The molecule has 2 aromatic rings. The lowest BCUT2D eigenvalue weighted by molar-refractivity contribution is -0.149. The number of amides is 2. The van der Waals surface area contributed by atoms with Crippen LogP contribution in [0.4, 0.5) is 4.79 Å². The number of carboxylic acids is 1. The van der Waals surface area contributed by atoms with Gasteiger partial charge >= 0.3 is 18.0 Å². The van der Waals surface area contributed by atoms with E-state index in [0.29, 0.717) is 13.0 Å². The summed E-state index contributed by atoms with van der Waals surface area (Å²) in [6, 6.07) is 16.4. The van der Waals surface area contributed by atoms with Crippen LogP contribution < -0.4 is 0 Å². The SMILES string of the molecule is CCOC(=O)[C@H](CCCc1ccccc1)CN(CC)C(=O)N1Cc2ccccc2C[C@H]1C(=O)O. The molecule has 2 atom stereocenters. The highest BCUT2D eigenvalue weighted by Crippen LogP contribution is 2.25. The highest BCUT2D eigenvalue weighted by Gasteiger charge is 2.37. The molecule has 0 aromatic heterocycles. The largest absolute Gasteiger partial charge is 0.480 e. The number of carbonyl (C=O) groups excluding carboxylic acids is 2. The number of hydrogen-bond acceptors (Lipinski definition) is 4. The molecular formula is C27H34N2O5. The Morgan fingerprint density at radius 3 is 2.38 bits per heavy atom. The molecule has 0 saturated carbocycles. The fourth-order valence-electron chi connectivity index (χ4n) is 4.48. The predicted molar refractivity (Wildman–Crippen MR) is 129 cm³/mol. The number of ether oxygens (including phenoxy) is 1. The first kappa shape index (κ1) is 25.3. The van der Waals surface area contributed by atoms with Crippen LogP contribution in [-0.4, -0.2) is 58.6 Å². The van der Waals surface area contributed by atoms with Crippen molar-refractivity contribution < 1.29 is 24.2 Å². The fourth-order valence-corrected chi connectivity index (χ4v) is 4.48. The summed E-state index contributed by atoms with van der Waals surface area (Å²) < 4.78 is 5.30. The van der Waals surface area contributed by atoms with E-state index in [9.17, 15) is 19.5 Å². The number of carboxylic acid groups (broad SMARTS) is 1. The molecule has 0 spiro atoms. The van der Waals surface area contributed by atoms with Crippen molar-refractivity contribution in [3.63, 3.8) is 0 Å². The summed E-state index contributed by atoms with van der Waals surface area (Å²) >= 11 is 0. The molecule has 0 aliphatic carbocycles. The van der Waals surface area contributed by atoms with Crippen molar-refractivity contribution >= 4 is 18.0 Å². The second-order valence-corrected chi connectivity index (χ2v) is 8.60. The Balaban J connectivity index is 1.72. The van der Waals surface area contributed by atoms with Crippen LogP contribution in [0.25, 0.3) is 0 Å². The highest BCUT2D eigenvalue weighted by molar-refractivity contribution is 5.84. The van der Waals surface area contributed by atoms with Crippen LogP contribution in [0, 0.1) is 5.92 Å². The maximum Gasteiger partial charge on any atom is 0.326 e. The zero-order valence-corrected chi connectivity index (χ0v) is 20.0. The van der Waals surface area contributed by atoms with E-state index in [1.54, 1.807) is 11.8 Å². The standard InChI is InChI=1S/C27H34N2O5/c1-3-28(18-23(26(32)34-4-2)16-10-13-20-11-6-5-7-12-20)27(33)29-19-22-15-9-8-14-21(22)17-24(29)25(30)31/h5-9,11-12,14-15,23-24H,3-4,10,13,16-19H2,1-2H3,(H,30,31)/t23-,24+/m1/s1. The number of esters is 1. The normalized spacial score (nSPS) is 15.8. The van der Waals surface area contributed by atoms with E-state index < -0.39 is 17.9 Å². The van der Waals surface area contributed by atoms with Crippen LogP contribution in [-0.2, 0) is 33.7 Å². The molecule has 2 amide bonds. The summed E-state index contributed by atoms with van der Waals surface area (Å²) in [7, 11) is 0. The Morgan fingerprint density at radius 2 is 1.74 bits per heavy atom. The van der Waals surface area contributed by atoms with E-state index in [-0.39, 0.29) is 38.1 Å². The van der Waals surface area contributed by atoms with Gasteiger partial charge in [0.05, 0.1) is 12.5 Å². The number of carbonyl (C=O) groups is 3. The molecule has 7 heteroatoms. The summed E-state index contributed by atoms with van der Waals surface area (Å²) in [5.41, 5.74) is 3.10. The Bertz CT molecular complexity index is 978.